The molecular weight excluding hydrogens is 428 g/mol. The number of nitrogens with zero attached hydrogens (tertiary/aromatic N) is 1. The van der Waals surface area contributed by atoms with Crippen LogP contribution in [0.15, 0.2) is 66.0 Å². The second kappa shape index (κ2) is 9.82. The highest BCUT2D eigenvalue weighted by molar-refractivity contribution is 7.10. The number of anilines is 1. The topological polar surface area (TPSA) is 49.4 Å². The van der Waals surface area contributed by atoms with Crippen LogP contribution in [0.1, 0.15) is 33.6 Å². The highest BCUT2D eigenvalue weighted by atomic mass is 35.5. The summed E-state index contributed by atoms with van der Waals surface area (Å²) >= 11 is 7.51. The molecule has 1 fully saturated rings. The van der Waals surface area contributed by atoms with Crippen LogP contribution in [0.4, 0.5) is 5.69 Å². The molecule has 2 heterocycles. The largest absolute Gasteiger partial charge is 0.338 e. The molecule has 2 aromatic carbocycles. The summed E-state index contributed by atoms with van der Waals surface area (Å²) < 4.78 is 0. The number of halogens is 1. The molecule has 0 aliphatic carbocycles. The number of piperidine rings is 1. The molecule has 0 bridgehead atoms. The van der Waals surface area contributed by atoms with Crippen LogP contribution in [0.25, 0.3) is 0 Å². The molecule has 2 amide bonds. The van der Waals surface area contributed by atoms with Gasteiger partial charge in [-0.3, -0.25) is 9.59 Å². The lowest BCUT2D eigenvalue weighted by molar-refractivity contribution is -0.121. The van der Waals surface area contributed by atoms with Gasteiger partial charge in [0.2, 0.25) is 5.91 Å². The van der Waals surface area contributed by atoms with Gasteiger partial charge in [-0.2, -0.15) is 0 Å². The van der Waals surface area contributed by atoms with Crippen molar-refractivity contribution in [2.45, 2.75) is 12.8 Å². The second-order valence-electron chi connectivity index (χ2n) is 7.39. The minimum Gasteiger partial charge on any atom is -0.338 e. The van der Waals surface area contributed by atoms with Gasteiger partial charge in [-0.25, -0.2) is 0 Å². The maximum absolute atomic E-state index is 12.9. The van der Waals surface area contributed by atoms with E-state index in [0.29, 0.717) is 29.4 Å². The van der Waals surface area contributed by atoms with Crippen LogP contribution in [0.2, 0.25) is 5.02 Å². The number of likely N-dealkylation sites (tertiary alicyclic amines) is 1. The lowest BCUT2D eigenvalue weighted by Gasteiger charge is -2.32. The van der Waals surface area contributed by atoms with Gasteiger partial charge in [0.15, 0.2) is 0 Å². The minimum absolute atomic E-state index is 0.0694. The van der Waals surface area contributed by atoms with E-state index in [-0.39, 0.29) is 17.7 Å². The van der Waals surface area contributed by atoms with Crippen molar-refractivity contribution in [3.63, 3.8) is 0 Å². The first-order chi connectivity index (χ1) is 15.1. The van der Waals surface area contributed by atoms with Crippen molar-refractivity contribution >= 4 is 40.4 Å². The number of nitrogens with one attached hydrogen (secondary N) is 1. The predicted molar refractivity (Wildman–Crippen MR) is 125 cm³/mol. The highest BCUT2D eigenvalue weighted by Crippen LogP contribution is 2.22. The van der Waals surface area contributed by atoms with Gasteiger partial charge in [0, 0.05) is 34.9 Å². The van der Waals surface area contributed by atoms with Crippen LogP contribution in [0, 0.1) is 17.8 Å². The number of thiophene rings is 1. The smallest absolute Gasteiger partial charge is 0.253 e. The van der Waals surface area contributed by atoms with Crippen LogP contribution >= 0.6 is 22.9 Å². The molecule has 31 heavy (non-hydrogen) atoms. The molecule has 1 N–H and O–H groups in total. The van der Waals surface area contributed by atoms with E-state index in [1.807, 2.05) is 41.8 Å². The van der Waals surface area contributed by atoms with E-state index < -0.39 is 0 Å². The molecule has 1 aliphatic heterocycles. The molecule has 1 aromatic heterocycles. The normalized spacial score (nSPS) is 15.6. The van der Waals surface area contributed by atoms with E-state index in [9.17, 15) is 9.59 Å². The number of rotatable bonds is 3. The van der Waals surface area contributed by atoms with E-state index in [1.165, 1.54) is 0 Å². The second-order valence-corrected chi connectivity index (χ2v) is 8.78. The first-order valence-corrected chi connectivity index (χ1v) is 11.4. The number of carbonyl (C=O) groups is 2. The first kappa shape index (κ1) is 21.2. The van der Waals surface area contributed by atoms with Crippen LogP contribution < -0.4 is 5.32 Å². The average molecular weight is 449 g/mol. The van der Waals surface area contributed by atoms with Crippen molar-refractivity contribution in [2.24, 2.45) is 5.92 Å². The number of hydrogen-bond acceptors (Lipinski definition) is 3. The summed E-state index contributed by atoms with van der Waals surface area (Å²) in [7, 11) is 0. The van der Waals surface area contributed by atoms with E-state index in [4.69, 9.17) is 11.6 Å². The fourth-order valence-electron chi connectivity index (χ4n) is 3.55. The SMILES string of the molecule is O=C(Nc1cccc(C#Cc2cccs2)c1)C1CCCN(C(=O)c2ccc(Cl)cc2)C1. The molecule has 3 aromatic rings. The Morgan fingerprint density at radius 1 is 1.06 bits per heavy atom. The molecule has 0 saturated carbocycles. The lowest BCUT2D eigenvalue weighted by atomic mass is 9.96. The van der Waals surface area contributed by atoms with E-state index in [2.05, 4.69) is 17.2 Å². The van der Waals surface area contributed by atoms with Crippen LogP contribution in [-0.4, -0.2) is 29.8 Å². The maximum Gasteiger partial charge on any atom is 0.253 e. The molecule has 156 valence electrons. The summed E-state index contributed by atoms with van der Waals surface area (Å²) in [5.74, 6) is 5.87. The Morgan fingerprint density at radius 3 is 2.68 bits per heavy atom. The van der Waals surface area contributed by atoms with Crippen molar-refractivity contribution in [2.75, 3.05) is 18.4 Å². The van der Waals surface area contributed by atoms with E-state index >= 15 is 0 Å². The van der Waals surface area contributed by atoms with Gasteiger partial charge in [-0.05, 0) is 66.8 Å². The molecule has 1 aliphatic rings. The Labute approximate surface area is 190 Å². The molecule has 4 rings (SSSR count). The van der Waals surface area contributed by atoms with E-state index in [1.54, 1.807) is 40.5 Å². The summed E-state index contributed by atoms with van der Waals surface area (Å²) in [6.07, 6.45) is 1.55. The Bertz CT molecular complexity index is 1130. The van der Waals surface area contributed by atoms with Crippen LogP contribution in [0.3, 0.4) is 0 Å². The van der Waals surface area contributed by atoms with Crippen molar-refractivity contribution in [1.29, 1.82) is 0 Å². The molecule has 1 saturated heterocycles. The van der Waals surface area contributed by atoms with Crippen molar-refractivity contribution in [1.82, 2.24) is 4.90 Å². The van der Waals surface area contributed by atoms with Crippen LogP contribution in [-0.2, 0) is 4.79 Å². The van der Waals surface area contributed by atoms with Crippen molar-refractivity contribution in [3.05, 3.63) is 87.1 Å². The quantitative estimate of drug-likeness (QED) is 0.553. The average Bonchev–Trinajstić information content (AvgIpc) is 3.32. The molecule has 6 heteroatoms. The predicted octanol–water partition coefficient (Wildman–Crippen LogP) is 5.29. The minimum atomic E-state index is -0.245. The Kier molecular flexibility index (Phi) is 6.71. The summed E-state index contributed by atoms with van der Waals surface area (Å²) in [5, 5.41) is 5.58. The third kappa shape index (κ3) is 5.55. The fourth-order valence-corrected chi connectivity index (χ4v) is 4.25. The van der Waals surface area contributed by atoms with Gasteiger partial charge in [0.25, 0.3) is 5.91 Å². The standard InChI is InChI=1S/C25H21ClN2O2S/c26-21-11-9-19(10-12-21)25(30)28-14-2-5-20(17-28)24(29)27-22-6-1-4-18(16-22)8-13-23-7-3-15-31-23/h1,3-4,6-7,9-12,15-16,20H,2,5,14,17H2,(H,27,29). The van der Waals surface area contributed by atoms with Gasteiger partial charge >= 0.3 is 0 Å². The third-order valence-corrected chi connectivity index (χ3v) is 6.19. The van der Waals surface area contributed by atoms with E-state index in [0.717, 1.165) is 23.3 Å². The molecule has 0 radical (unpaired) electrons. The van der Waals surface area contributed by atoms with Crippen molar-refractivity contribution in [3.8, 4) is 11.8 Å². The van der Waals surface area contributed by atoms with Crippen LogP contribution in [0.5, 0.6) is 0 Å². The molecule has 1 unspecified atom stereocenters. The van der Waals surface area contributed by atoms with Gasteiger partial charge < -0.3 is 10.2 Å². The number of benzene rings is 2. The Hall–Kier alpha value is -3.07. The molecule has 1 atom stereocenters. The zero-order valence-corrected chi connectivity index (χ0v) is 18.4. The third-order valence-electron chi connectivity index (χ3n) is 5.15. The number of carbonyl (C=O) groups excluding carboxylic acids is 2. The van der Waals surface area contributed by atoms with Crippen molar-refractivity contribution < 1.29 is 9.59 Å². The van der Waals surface area contributed by atoms with Gasteiger partial charge in [0.05, 0.1) is 10.8 Å². The number of amides is 2. The summed E-state index contributed by atoms with van der Waals surface area (Å²) in [6.45, 7) is 1.06. The Balaban J connectivity index is 1.40. The summed E-state index contributed by atoms with van der Waals surface area (Å²) in [4.78, 5) is 28.4. The summed E-state index contributed by atoms with van der Waals surface area (Å²) in [5.41, 5.74) is 2.14. The summed E-state index contributed by atoms with van der Waals surface area (Å²) in [6, 6.07) is 18.3. The monoisotopic (exact) mass is 448 g/mol. The lowest BCUT2D eigenvalue weighted by Crippen LogP contribution is -2.43. The molecular formula is C25H21ClN2O2S. The molecule has 0 spiro atoms. The maximum atomic E-state index is 12.9. The Morgan fingerprint density at radius 2 is 1.90 bits per heavy atom. The highest BCUT2D eigenvalue weighted by Gasteiger charge is 2.29. The zero-order chi connectivity index (χ0) is 21.6. The number of hydrogen-bond donors (Lipinski definition) is 1. The van der Waals surface area contributed by atoms with Gasteiger partial charge in [0.1, 0.15) is 0 Å². The zero-order valence-electron chi connectivity index (χ0n) is 16.8. The fraction of sp³-hybridized carbons (Fsp3) is 0.200. The molecule has 4 nitrogen and oxygen atoms in total. The first-order valence-electron chi connectivity index (χ1n) is 10.1. The van der Waals surface area contributed by atoms with Gasteiger partial charge in [-0.1, -0.05) is 35.6 Å². The van der Waals surface area contributed by atoms with Gasteiger partial charge in [-0.15, -0.1) is 11.3 Å².